The van der Waals surface area contributed by atoms with E-state index in [0.29, 0.717) is 0 Å². The molecule has 0 amide bonds. The van der Waals surface area contributed by atoms with Crippen LogP contribution in [-0.4, -0.2) is 22.6 Å². The molecule has 0 saturated carbocycles. The zero-order valence-corrected chi connectivity index (χ0v) is 56.5. The van der Waals surface area contributed by atoms with Crippen LogP contribution in [0.5, 0.6) is 0 Å². The molecule has 18 aromatic rings. The van der Waals surface area contributed by atoms with E-state index in [1.165, 1.54) is 143 Å². The third-order valence-corrected chi connectivity index (χ3v) is 23.8. The highest BCUT2D eigenvalue weighted by Gasteiger charge is 2.54. The Labute approximate surface area is 600 Å². The summed E-state index contributed by atoms with van der Waals surface area (Å²) in [6.07, 6.45) is 0. The van der Waals surface area contributed by atoms with Crippen molar-refractivity contribution in [2.45, 2.75) is 0 Å². The van der Waals surface area contributed by atoms with Gasteiger partial charge in [-0.05, 0) is 188 Å². The van der Waals surface area contributed by atoms with Gasteiger partial charge in [0.05, 0.1) is 56.2 Å². The molecule has 0 saturated heterocycles. The minimum atomic E-state index is -0.110. The van der Waals surface area contributed by atoms with Crippen molar-refractivity contribution in [3.8, 4) is 55.9 Å². The van der Waals surface area contributed by atoms with Crippen molar-refractivity contribution in [2.75, 3.05) is 19.6 Å². The Morgan fingerprint density at radius 1 is 0.204 bits per heavy atom. The fraction of sp³-hybridized carbons (Fsp3) is 0. The number of hydrogen-bond acceptors (Lipinski definition) is 5. The van der Waals surface area contributed by atoms with Crippen LogP contribution in [0, 0.1) is 0 Å². The molecule has 0 atom stereocenters. The quantitative estimate of drug-likeness (QED) is 0.141. The van der Waals surface area contributed by atoms with E-state index in [9.17, 15) is 0 Å². The van der Waals surface area contributed by atoms with Crippen LogP contribution in [0.3, 0.4) is 0 Å². The third-order valence-electron chi connectivity index (χ3n) is 22.5. The van der Waals surface area contributed by atoms with Gasteiger partial charge in [0.2, 0.25) is 0 Å². The number of thiophene rings is 1. The molecule has 3 aromatic heterocycles. The summed E-state index contributed by atoms with van der Waals surface area (Å²) in [7, 11) is 0. The van der Waals surface area contributed by atoms with E-state index < -0.39 is 0 Å². The van der Waals surface area contributed by atoms with Gasteiger partial charge in [-0.25, -0.2) is 0 Å². The van der Waals surface area contributed by atoms with E-state index in [1.54, 1.807) is 0 Å². The monoisotopic (exact) mass is 1320 g/mol. The molecule has 0 aliphatic carbocycles. The van der Waals surface area contributed by atoms with Crippen molar-refractivity contribution in [3.05, 3.63) is 352 Å². The van der Waals surface area contributed by atoms with Crippen molar-refractivity contribution in [1.82, 2.24) is 9.13 Å². The van der Waals surface area contributed by atoms with E-state index in [-0.39, 0.29) is 13.4 Å². The lowest BCUT2D eigenvalue weighted by Gasteiger charge is -2.49. The van der Waals surface area contributed by atoms with Crippen LogP contribution in [0.1, 0.15) is 0 Å². The van der Waals surface area contributed by atoms with Crippen LogP contribution in [0.2, 0.25) is 0 Å². The smallest absolute Gasteiger partial charge is 0.264 e. The summed E-state index contributed by atoms with van der Waals surface area (Å²) in [5.74, 6) is 0. The zero-order valence-electron chi connectivity index (χ0n) is 55.7. The molecule has 5 aliphatic heterocycles. The Bertz CT molecular complexity index is 6000. The predicted octanol–water partition coefficient (Wildman–Crippen LogP) is 21.1. The first-order valence-corrected chi connectivity index (χ1v) is 36.4. The number of anilines is 12. The highest BCUT2D eigenvalue weighted by atomic mass is 32.1. The minimum absolute atomic E-state index is 0.110. The van der Waals surface area contributed by atoms with Crippen molar-refractivity contribution < 1.29 is 0 Å². The molecule has 0 fully saturated rings. The van der Waals surface area contributed by atoms with E-state index in [2.05, 4.69) is 381 Å². The summed E-state index contributed by atoms with van der Waals surface area (Å²) < 4.78 is 7.82. The molecule has 15 aromatic carbocycles. The average molecular weight is 1330 g/mol. The third kappa shape index (κ3) is 8.11. The first-order chi connectivity index (χ1) is 51.1. The van der Waals surface area contributed by atoms with Gasteiger partial charge < -0.3 is 28.7 Å². The molecular formula is C94H58B2N6S. The van der Waals surface area contributed by atoms with E-state index in [0.717, 1.165) is 56.2 Å². The molecule has 5 aliphatic rings. The molecule has 0 unspecified atom stereocenters. The largest absolute Gasteiger partial charge is 0.311 e. The van der Waals surface area contributed by atoms with Crippen molar-refractivity contribution >= 4 is 168 Å². The number of benzene rings is 15. The lowest BCUT2D eigenvalue weighted by molar-refractivity contribution is 1.14. The lowest BCUT2D eigenvalue weighted by Crippen LogP contribution is -2.61. The maximum Gasteiger partial charge on any atom is 0.264 e. The zero-order chi connectivity index (χ0) is 67.1. The lowest BCUT2D eigenvalue weighted by atomic mass is 9.35. The summed E-state index contributed by atoms with van der Waals surface area (Å²) in [5, 5.41) is 4.84. The van der Waals surface area contributed by atoms with Crippen LogP contribution < -0.4 is 51.0 Å². The number of aromatic nitrogens is 2. The van der Waals surface area contributed by atoms with E-state index in [4.69, 9.17) is 0 Å². The van der Waals surface area contributed by atoms with E-state index >= 15 is 0 Å². The standard InChI is InChI=1S/C94H58B2N6S/c1-7-25-59(26-8-1)63-43-47-77-71(51-63)72-52-64(60-27-9-2-10-28-60)44-48-78(72)99(77)69-55-85-89-87(57-69)101-83-41-23-24-42-84(83)102-88-58-70(100-79-49-45-65(61-29-11-3-12-30-61)53-73(79)74-54-66(46-50-80(74)100)62-31-13-4-14-32-62)56-86-90(88)96(76-38-20-22-40-82(76)98(86)68-35-17-6-18-36-68)94-92(102)91(101)93(103-94)95(89)75-37-19-21-39-81(75)97(85)67-33-15-5-16-34-67/h1-58H. The van der Waals surface area contributed by atoms with Crippen LogP contribution in [-0.2, 0) is 0 Å². The first-order valence-electron chi connectivity index (χ1n) is 35.6. The second-order valence-corrected chi connectivity index (χ2v) is 29.0. The Morgan fingerprint density at radius 3 is 0.796 bits per heavy atom. The SMILES string of the molecule is c1ccc(-c2ccc3c(c2)c2cc(-c4ccccc4)ccc2n3-c2cc3c4c(c2)N2c5ccccc5N5c6cc(-n7c8ccc(-c9ccccc9)cc8c8cc(-c9ccccc9)ccc87)cc7c6B(c6ccccc6N7c6ccccc6)c6sc(c2c65)B4c2ccccc2N3c2ccccc2)cc1. The molecule has 0 spiro atoms. The van der Waals surface area contributed by atoms with Gasteiger partial charge in [-0.1, -0.05) is 231 Å². The first kappa shape index (κ1) is 56.8. The Morgan fingerprint density at radius 2 is 0.476 bits per heavy atom. The maximum atomic E-state index is 2.70. The van der Waals surface area contributed by atoms with Gasteiger partial charge in [0.25, 0.3) is 13.4 Å². The molecule has 0 N–H and O–H groups in total. The highest BCUT2D eigenvalue weighted by molar-refractivity contribution is 7.39. The van der Waals surface area contributed by atoms with Gasteiger partial charge >= 0.3 is 0 Å². The summed E-state index contributed by atoms with van der Waals surface area (Å²) in [5.41, 5.74) is 35.6. The van der Waals surface area contributed by atoms with Crippen LogP contribution in [0.25, 0.3) is 99.5 Å². The second kappa shape index (κ2) is 21.7. The minimum Gasteiger partial charge on any atom is -0.311 e. The molecule has 0 bridgehead atoms. The second-order valence-electron chi connectivity index (χ2n) is 27.9. The van der Waals surface area contributed by atoms with Crippen LogP contribution >= 0.6 is 11.3 Å². The fourth-order valence-electron chi connectivity index (χ4n) is 18.2. The summed E-state index contributed by atoms with van der Waals surface area (Å²) in [6, 6.07) is 132. The number of nitrogens with zero attached hydrogens (tertiary/aromatic N) is 6. The summed E-state index contributed by atoms with van der Waals surface area (Å²) in [6.45, 7) is -0.220. The highest BCUT2D eigenvalue weighted by Crippen LogP contribution is 2.60. The van der Waals surface area contributed by atoms with Crippen molar-refractivity contribution in [3.63, 3.8) is 0 Å². The number of para-hydroxylation sites is 6. The number of hydrogen-bond donors (Lipinski definition) is 0. The molecule has 0 radical (unpaired) electrons. The van der Waals surface area contributed by atoms with Gasteiger partial charge in [0, 0.05) is 76.6 Å². The van der Waals surface area contributed by atoms with Gasteiger partial charge in [0.15, 0.2) is 0 Å². The van der Waals surface area contributed by atoms with Gasteiger partial charge in [-0.2, -0.15) is 11.3 Å². The Kier molecular flexibility index (Phi) is 12.0. The number of rotatable bonds is 8. The molecule has 9 heteroatoms. The van der Waals surface area contributed by atoms with E-state index in [1.807, 2.05) is 11.3 Å². The molecule has 8 heterocycles. The number of fused-ring (bicyclic) bond motifs is 17. The van der Waals surface area contributed by atoms with Crippen LogP contribution in [0.4, 0.5) is 68.2 Å². The predicted molar refractivity (Wildman–Crippen MR) is 436 cm³/mol. The topological polar surface area (TPSA) is 22.8 Å². The molecule has 103 heavy (non-hydrogen) atoms. The van der Waals surface area contributed by atoms with Gasteiger partial charge in [-0.15, -0.1) is 0 Å². The maximum absolute atomic E-state index is 2.70. The van der Waals surface area contributed by atoms with Gasteiger partial charge in [0.1, 0.15) is 0 Å². The summed E-state index contributed by atoms with van der Waals surface area (Å²) >= 11 is 2.03. The average Bonchev–Trinajstić information content (AvgIpc) is 1.58. The Balaban J connectivity index is 0.812. The molecule has 6 nitrogen and oxygen atoms in total. The molecular weight excluding hydrogens is 1270 g/mol. The van der Waals surface area contributed by atoms with Crippen LogP contribution in [0.15, 0.2) is 352 Å². The van der Waals surface area contributed by atoms with Crippen molar-refractivity contribution in [2.24, 2.45) is 0 Å². The van der Waals surface area contributed by atoms with Gasteiger partial charge in [-0.3, -0.25) is 0 Å². The Hall–Kier alpha value is -13.1. The normalized spacial score (nSPS) is 13.3. The summed E-state index contributed by atoms with van der Waals surface area (Å²) in [4.78, 5) is 10.5. The molecule has 476 valence electrons. The van der Waals surface area contributed by atoms with Crippen molar-refractivity contribution in [1.29, 1.82) is 0 Å². The fourth-order valence-corrected chi connectivity index (χ4v) is 19.7. The molecule has 23 rings (SSSR count).